The number of carbonyl (C=O) groups is 1. The normalized spacial score (nSPS) is 12.3. The maximum absolute atomic E-state index is 12.5. The van der Waals surface area contributed by atoms with Gasteiger partial charge < -0.3 is 5.32 Å². The molecule has 0 radical (unpaired) electrons. The summed E-state index contributed by atoms with van der Waals surface area (Å²) in [5.74, 6) is -0.219. The Kier molecular flexibility index (Phi) is 7.10. The van der Waals surface area contributed by atoms with Crippen LogP contribution in [0.5, 0.6) is 0 Å². The smallest absolute Gasteiger partial charge is 0.242 e. The number of pyridine rings is 1. The van der Waals surface area contributed by atoms with E-state index in [1.165, 1.54) is 18.5 Å². The van der Waals surface area contributed by atoms with Gasteiger partial charge in [0.2, 0.25) is 15.9 Å². The molecule has 7 heteroatoms. The van der Waals surface area contributed by atoms with E-state index in [4.69, 9.17) is 0 Å². The molecule has 0 bridgehead atoms. The molecule has 1 heterocycles. The molecule has 0 aliphatic heterocycles. The molecular formula is C22H23N3O3S. The van der Waals surface area contributed by atoms with Crippen LogP contribution in [0.1, 0.15) is 23.6 Å². The second kappa shape index (κ2) is 9.95. The van der Waals surface area contributed by atoms with Gasteiger partial charge in [0.05, 0.1) is 6.04 Å². The lowest BCUT2D eigenvalue weighted by atomic mass is 9.98. The molecule has 0 aliphatic carbocycles. The third kappa shape index (κ3) is 6.23. The SMILES string of the molecule is O=C(CCNS(=O)(=O)c1cccnc1)NC(Cc1ccccc1)c1ccccc1. The fraction of sp³-hybridized carbons (Fsp3) is 0.182. The van der Waals surface area contributed by atoms with E-state index < -0.39 is 10.0 Å². The van der Waals surface area contributed by atoms with Gasteiger partial charge in [0.1, 0.15) is 4.90 Å². The lowest BCUT2D eigenvalue weighted by Gasteiger charge is -2.19. The molecule has 2 N–H and O–H groups in total. The van der Waals surface area contributed by atoms with Crippen molar-refractivity contribution in [1.82, 2.24) is 15.0 Å². The molecule has 1 unspecified atom stereocenters. The lowest BCUT2D eigenvalue weighted by Crippen LogP contribution is -2.33. The van der Waals surface area contributed by atoms with Crippen molar-refractivity contribution in [2.75, 3.05) is 6.54 Å². The minimum absolute atomic E-state index is 0.00983. The van der Waals surface area contributed by atoms with Gasteiger partial charge in [-0.25, -0.2) is 13.1 Å². The first-order chi connectivity index (χ1) is 14.0. The third-order valence-corrected chi connectivity index (χ3v) is 5.85. The summed E-state index contributed by atoms with van der Waals surface area (Å²) in [5, 5.41) is 3.02. The van der Waals surface area contributed by atoms with Gasteiger partial charge in [-0.1, -0.05) is 60.7 Å². The van der Waals surface area contributed by atoms with Crippen molar-refractivity contribution < 1.29 is 13.2 Å². The number of sulfonamides is 1. The van der Waals surface area contributed by atoms with Gasteiger partial charge in [0.15, 0.2) is 0 Å². The minimum atomic E-state index is -3.68. The highest BCUT2D eigenvalue weighted by molar-refractivity contribution is 7.89. The van der Waals surface area contributed by atoms with Crippen molar-refractivity contribution in [2.45, 2.75) is 23.8 Å². The van der Waals surface area contributed by atoms with Gasteiger partial charge in [0.25, 0.3) is 0 Å². The van der Waals surface area contributed by atoms with Gasteiger partial charge in [0, 0.05) is 25.4 Å². The van der Waals surface area contributed by atoms with Crippen LogP contribution in [0.4, 0.5) is 0 Å². The Morgan fingerprint density at radius 2 is 1.62 bits per heavy atom. The van der Waals surface area contributed by atoms with E-state index in [-0.39, 0.29) is 29.8 Å². The van der Waals surface area contributed by atoms with Gasteiger partial charge in [-0.15, -0.1) is 0 Å². The number of rotatable bonds is 9. The van der Waals surface area contributed by atoms with Crippen LogP contribution in [-0.2, 0) is 21.2 Å². The van der Waals surface area contributed by atoms with Crippen LogP contribution in [0.15, 0.2) is 90.1 Å². The summed E-state index contributed by atoms with van der Waals surface area (Å²) in [5.41, 5.74) is 2.11. The number of hydrogen-bond donors (Lipinski definition) is 2. The molecule has 3 aromatic rings. The van der Waals surface area contributed by atoms with Crippen molar-refractivity contribution in [3.63, 3.8) is 0 Å². The molecule has 1 amide bonds. The Bertz CT molecular complexity index is 1010. The maximum atomic E-state index is 12.5. The summed E-state index contributed by atoms with van der Waals surface area (Å²) < 4.78 is 26.9. The summed E-state index contributed by atoms with van der Waals surface area (Å²) >= 11 is 0. The number of benzene rings is 2. The van der Waals surface area contributed by atoms with Crippen molar-refractivity contribution >= 4 is 15.9 Å². The highest BCUT2D eigenvalue weighted by Crippen LogP contribution is 2.18. The first-order valence-corrected chi connectivity index (χ1v) is 10.8. The average Bonchev–Trinajstić information content (AvgIpc) is 2.75. The summed E-state index contributed by atoms with van der Waals surface area (Å²) in [4.78, 5) is 16.4. The zero-order valence-corrected chi connectivity index (χ0v) is 16.7. The maximum Gasteiger partial charge on any atom is 0.242 e. The van der Waals surface area contributed by atoms with Crippen LogP contribution < -0.4 is 10.0 Å². The molecule has 3 rings (SSSR count). The predicted octanol–water partition coefficient (Wildman–Crippen LogP) is 2.85. The highest BCUT2D eigenvalue weighted by Gasteiger charge is 2.17. The van der Waals surface area contributed by atoms with E-state index >= 15 is 0 Å². The van der Waals surface area contributed by atoms with E-state index in [1.54, 1.807) is 6.07 Å². The molecule has 150 valence electrons. The number of hydrogen-bond acceptors (Lipinski definition) is 4. The van der Waals surface area contributed by atoms with Crippen LogP contribution in [-0.4, -0.2) is 25.9 Å². The number of nitrogens with zero attached hydrogens (tertiary/aromatic N) is 1. The fourth-order valence-electron chi connectivity index (χ4n) is 2.94. The number of amides is 1. The van der Waals surface area contributed by atoms with E-state index in [1.807, 2.05) is 60.7 Å². The first-order valence-electron chi connectivity index (χ1n) is 9.32. The lowest BCUT2D eigenvalue weighted by molar-refractivity contribution is -0.121. The topological polar surface area (TPSA) is 88.2 Å². The molecule has 6 nitrogen and oxygen atoms in total. The molecular weight excluding hydrogens is 386 g/mol. The number of aromatic nitrogens is 1. The molecule has 0 saturated carbocycles. The molecule has 0 saturated heterocycles. The van der Waals surface area contributed by atoms with Gasteiger partial charge in [-0.05, 0) is 29.7 Å². The number of carbonyl (C=O) groups excluding carboxylic acids is 1. The first kappa shape index (κ1) is 20.7. The summed E-state index contributed by atoms with van der Waals surface area (Å²) in [6.45, 7) is 0.00983. The van der Waals surface area contributed by atoms with Crippen molar-refractivity contribution in [1.29, 1.82) is 0 Å². The molecule has 29 heavy (non-hydrogen) atoms. The van der Waals surface area contributed by atoms with Crippen molar-refractivity contribution in [2.24, 2.45) is 0 Å². The molecule has 0 aliphatic rings. The van der Waals surface area contributed by atoms with Gasteiger partial charge in [-0.2, -0.15) is 0 Å². The minimum Gasteiger partial charge on any atom is -0.349 e. The molecule has 1 atom stereocenters. The summed E-state index contributed by atoms with van der Waals surface area (Å²) in [6, 6.07) is 22.5. The largest absolute Gasteiger partial charge is 0.349 e. The van der Waals surface area contributed by atoms with Crippen LogP contribution in [0.2, 0.25) is 0 Å². The second-order valence-corrected chi connectivity index (χ2v) is 8.32. The number of nitrogens with one attached hydrogen (secondary N) is 2. The standard InChI is InChI=1S/C22H23N3O3S/c26-22(13-15-24-29(27,28)20-12-7-14-23-17-20)25-21(19-10-5-2-6-11-19)16-18-8-3-1-4-9-18/h1-12,14,17,21,24H,13,15-16H2,(H,25,26). The summed E-state index contributed by atoms with van der Waals surface area (Å²) in [7, 11) is -3.68. The van der Waals surface area contributed by atoms with Crippen molar-refractivity contribution in [3.8, 4) is 0 Å². The Morgan fingerprint density at radius 1 is 0.931 bits per heavy atom. The zero-order chi connectivity index (χ0) is 20.5. The van der Waals surface area contributed by atoms with E-state index in [0.29, 0.717) is 6.42 Å². The van der Waals surface area contributed by atoms with Gasteiger partial charge >= 0.3 is 0 Å². The Hall–Kier alpha value is -3.03. The van der Waals surface area contributed by atoms with Crippen LogP contribution in [0.3, 0.4) is 0 Å². The molecule has 0 fully saturated rings. The quantitative estimate of drug-likeness (QED) is 0.569. The molecule has 0 spiro atoms. The summed E-state index contributed by atoms with van der Waals surface area (Å²) in [6.07, 6.45) is 3.46. The van der Waals surface area contributed by atoms with Crippen LogP contribution in [0.25, 0.3) is 0 Å². The van der Waals surface area contributed by atoms with E-state index in [2.05, 4.69) is 15.0 Å². The third-order valence-electron chi connectivity index (χ3n) is 4.41. The Labute approximate surface area is 171 Å². The predicted molar refractivity (Wildman–Crippen MR) is 112 cm³/mol. The zero-order valence-electron chi connectivity index (χ0n) is 15.9. The Morgan fingerprint density at radius 3 is 2.28 bits per heavy atom. The van der Waals surface area contributed by atoms with E-state index in [0.717, 1.165) is 11.1 Å². The molecule has 1 aromatic heterocycles. The second-order valence-electron chi connectivity index (χ2n) is 6.56. The average molecular weight is 410 g/mol. The van der Waals surface area contributed by atoms with Crippen LogP contribution in [0, 0.1) is 0 Å². The monoisotopic (exact) mass is 409 g/mol. The Balaban J connectivity index is 1.60. The fourth-order valence-corrected chi connectivity index (χ4v) is 3.94. The van der Waals surface area contributed by atoms with E-state index in [9.17, 15) is 13.2 Å². The van der Waals surface area contributed by atoms with Crippen LogP contribution >= 0.6 is 0 Å². The molecule has 2 aromatic carbocycles. The highest BCUT2D eigenvalue weighted by atomic mass is 32.2. The van der Waals surface area contributed by atoms with Crippen molar-refractivity contribution in [3.05, 3.63) is 96.3 Å². The van der Waals surface area contributed by atoms with Gasteiger partial charge in [-0.3, -0.25) is 9.78 Å².